The van der Waals surface area contributed by atoms with E-state index in [-0.39, 0.29) is 18.3 Å². The summed E-state index contributed by atoms with van der Waals surface area (Å²) in [7, 11) is 1.93. The Balaban J connectivity index is 0.00000133. The number of nitrogens with one attached hydrogen (secondary N) is 1. The van der Waals surface area contributed by atoms with Crippen molar-refractivity contribution in [2.75, 3.05) is 20.1 Å². The van der Waals surface area contributed by atoms with E-state index in [9.17, 15) is 4.79 Å². The van der Waals surface area contributed by atoms with Gasteiger partial charge in [-0.3, -0.25) is 4.79 Å². The SMILES string of the molecule is CNC1CCN(C(=O)c2cc3ccccc3o2)C1.Cl. The molecule has 1 aromatic heterocycles. The van der Waals surface area contributed by atoms with E-state index in [0.29, 0.717) is 11.8 Å². The molecule has 0 saturated carbocycles. The van der Waals surface area contributed by atoms with Crippen molar-refractivity contribution in [2.24, 2.45) is 0 Å². The first kappa shape index (κ1) is 13.9. The molecule has 1 saturated heterocycles. The average molecular weight is 281 g/mol. The number of rotatable bonds is 2. The first-order chi connectivity index (χ1) is 8.78. The van der Waals surface area contributed by atoms with Crippen LogP contribution in [0.2, 0.25) is 0 Å². The van der Waals surface area contributed by atoms with Gasteiger partial charge in [0.1, 0.15) is 5.58 Å². The lowest BCUT2D eigenvalue weighted by molar-refractivity contribution is 0.0760. The van der Waals surface area contributed by atoms with Gasteiger partial charge in [0, 0.05) is 24.5 Å². The number of furan rings is 1. The highest BCUT2D eigenvalue weighted by Gasteiger charge is 2.27. The van der Waals surface area contributed by atoms with E-state index in [1.54, 1.807) is 0 Å². The number of amides is 1. The zero-order valence-electron chi connectivity index (χ0n) is 10.8. The third-order valence-electron chi connectivity index (χ3n) is 3.52. The Labute approximate surface area is 118 Å². The van der Waals surface area contributed by atoms with Crippen molar-refractivity contribution in [3.8, 4) is 0 Å². The molecule has 4 nitrogen and oxygen atoms in total. The van der Waals surface area contributed by atoms with Gasteiger partial charge in [0.2, 0.25) is 0 Å². The van der Waals surface area contributed by atoms with Gasteiger partial charge in [0.25, 0.3) is 5.91 Å². The topological polar surface area (TPSA) is 45.5 Å². The minimum Gasteiger partial charge on any atom is -0.451 e. The molecule has 2 heterocycles. The molecule has 3 rings (SSSR count). The molecule has 1 amide bonds. The molecule has 1 aliphatic heterocycles. The van der Waals surface area contributed by atoms with Gasteiger partial charge in [-0.2, -0.15) is 0 Å². The van der Waals surface area contributed by atoms with Gasteiger partial charge in [-0.1, -0.05) is 18.2 Å². The Morgan fingerprint density at radius 3 is 2.89 bits per heavy atom. The number of likely N-dealkylation sites (N-methyl/N-ethyl adjacent to an activating group) is 1. The van der Waals surface area contributed by atoms with Crippen molar-refractivity contribution in [3.63, 3.8) is 0 Å². The Hall–Kier alpha value is -1.52. The van der Waals surface area contributed by atoms with E-state index in [0.717, 1.165) is 30.5 Å². The fraction of sp³-hybridized carbons (Fsp3) is 0.357. The zero-order chi connectivity index (χ0) is 12.5. The normalized spacial score (nSPS) is 18.6. The molecule has 1 fully saturated rings. The van der Waals surface area contributed by atoms with Crippen molar-refractivity contribution in [2.45, 2.75) is 12.5 Å². The average Bonchev–Trinajstić information content (AvgIpc) is 3.04. The van der Waals surface area contributed by atoms with E-state index in [4.69, 9.17) is 4.42 Å². The van der Waals surface area contributed by atoms with Crippen LogP contribution >= 0.6 is 12.4 Å². The second kappa shape index (κ2) is 5.63. The number of hydrogen-bond acceptors (Lipinski definition) is 3. The highest BCUT2D eigenvalue weighted by atomic mass is 35.5. The number of carbonyl (C=O) groups is 1. The maximum atomic E-state index is 12.3. The fourth-order valence-corrected chi connectivity index (χ4v) is 2.42. The van der Waals surface area contributed by atoms with Crippen LogP contribution < -0.4 is 5.32 Å². The van der Waals surface area contributed by atoms with E-state index in [1.807, 2.05) is 42.3 Å². The van der Waals surface area contributed by atoms with Crippen LogP contribution in [0.25, 0.3) is 11.0 Å². The standard InChI is InChI=1S/C14H16N2O2.ClH/c1-15-11-6-7-16(9-11)14(17)13-8-10-4-2-3-5-12(10)18-13;/h2-5,8,11,15H,6-7,9H2,1H3;1H. The molecule has 102 valence electrons. The van der Waals surface area contributed by atoms with Gasteiger partial charge in [0.05, 0.1) is 0 Å². The number of benzene rings is 1. The summed E-state index contributed by atoms with van der Waals surface area (Å²) < 4.78 is 5.60. The van der Waals surface area contributed by atoms with Crippen LogP contribution in [0.4, 0.5) is 0 Å². The molecule has 1 N–H and O–H groups in total. The van der Waals surface area contributed by atoms with Gasteiger partial charge >= 0.3 is 0 Å². The molecule has 0 bridgehead atoms. The van der Waals surface area contributed by atoms with Crippen molar-refractivity contribution in [3.05, 3.63) is 36.1 Å². The van der Waals surface area contributed by atoms with Crippen LogP contribution in [-0.2, 0) is 0 Å². The van der Waals surface area contributed by atoms with Gasteiger partial charge in [-0.15, -0.1) is 12.4 Å². The predicted molar refractivity (Wildman–Crippen MR) is 76.8 cm³/mol. The smallest absolute Gasteiger partial charge is 0.289 e. The Kier molecular flexibility index (Phi) is 4.12. The molecule has 19 heavy (non-hydrogen) atoms. The molecular formula is C14H17ClN2O2. The highest BCUT2D eigenvalue weighted by molar-refractivity contribution is 5.96. The summed E-state index contributed by atoms with van der Waals surface area (Å²) in [6.07, 6.45) is 1.00. The third kappa shape index (κ3) is 2.60. The number of nitrogens with zero attached hydrogens (tertiary/aromatic N) is 1. The minimum absolute atomic E-state index is 0. The summed E-state index contributed by atoms with van der Waals surface area (Å²) in [4.78, 5) is 14.1. The van der Waals surface area contributed by atoms with Crippen molar-refractivity contribution < 1.29 is 9.21 Å². The summed E-state index contributed by atoms with van der Waals surface area (Å²) >= 11 is 0. The molecule has 1 unspecified atom stereocenters. The molecule has 0 aliphatic carbocycles. The quantitative estimate of drug-likeness (QED) is 0.918. The van der Waals surface area contributed by atoms with Crippen LogP contribution in [0.15, 0.2) is 34.7 Å². The summed E-state index contributed by atoms with van der Waals surface area (Å²) in [6, 6.07) is 9.91. The first-order valence-electron chi connectivity index (χ1n) is 6.23. The van der Waals surface area contributed by atoms with Crippen molar-refractivity contribution >= 4 is 29.3 Å². The molecule has 1 aromatic carbocycles. The maximum Gasteiger partial charge on any atom is 0.289 e. The lowest BCUT2D eigenvalue weighted by Crippen LogP contribution is -2.33. The second-order valence-electron chi connectivity index (χ2n) is 4.67. The van der Waals surface area contributed by atoms with Gasteiger partial charge in [0.15, 0.2) is 5.76 Å². The Morgan fingerprint density at radius 1 is 1.42 bits per heavy atom. The first-order valence-corrected chi connectivity index (χ1v) is 6.23. The van der Waals surface area contributed by atoms with Crippen LogP contribution in [-0.4, -0.2) is 37.0 Å². The zero-order valence-corrected chi connectivity index (χ0v) is 11.6. The second-order valence-corrected chi connectivity index (χ2v) is 4.67. The van der Waals surface area contributed by atoms with Crippen LogP contribution in [0.3, 0.4) is 0 Å². The molecule has 1 atom stereocenters. The van der Waals surface area contributed by atoms with E-state index in [2.05, 4.69) is 5.32 Å². The van der Waals surface area contributed by atoms with Gasteiger partial charge in [-0.25, -0.2) is 0 Å². The summed E-state index contributed by atoms with van der Waals surface area (Å²) in [6.45, 7) is 1.55. The number of carbonyl (C=O) groups excluding carboxylic acids is 1. The number of likely N-dealkylation sites (tertiary alicyclic amines) is 1. The van der Waals surface area contributed by atoms with Crippen LogP contribution in [0.1, 0.15) is 17.0 Å². The monoisotopic (exact) mass is 280 g/mol. The Bertz CT molecular complexity index is 549. The molecule has 1 aliphatic rings. The number of para-hydroxylation sites is 1. The number of hydrogen-bond donors (Lipinski definition) is 1. The van der Waals surface area contributed by atoms with E-state index < -0.39 is 0 Å². The van der Waals surface area contributed by atoms with E-state index in [1.165, 1.54) is 0 Å². The van der Waals surface area contributed by atoms with Crippen LogP contribution in [0, 0.1) is 0 Å². The number of halogens is 1. The van der Waals surface area contributed by atoms with Crippen molar-refractivity contribution in [1.29, 1.82) is 0 Å². The maximum absolute atomic E-state index is 12.3. The minimum atomic E-state index is -0.0102. The fourth-order valence-electron chi connectivity index (χ4n) is 2.42. The molecule has 2 aromatic rings. The molecule has 0 radical (unpaired) electrons. The molecular weight excluding hydrogens is 264 g/mol. The van der Waals surface area contributed by atoms with Gasteiger partial charge in [-0.05, 0) is 25.6 Å². The summed E-state index contributed by atoms with van der Waals surface area (Å²) in [5.74, 6) is 0.428. The predicted octanol–water partition coefficient (Wildman–Crippen LogP) is 2.29. The third-order valence-corrected chi connectivity index (χ3v) is 3.52. The lowest BCUT2D eigenvalue weighted by atomic mass is 10.2. The van der Waals surface area contributed by atoms with Crippen LogP contribution in [0.5, 0.6) is 0 Å². The molecule has 5 heteroatoms. The summed E-state index contributed by atoms with van der Waals surface area (Å²) in [5.41, 5.74) is 0.769. The molecule has 0 spiro atoms. The van der Waals surface area contributed by atoms with E-state index >= 15 is 0 Å². The largest absolute Gasteiger partial charge is 0.451 e. The summed E-state index contributed by atoms with van der Waals surface area (Å²) in [5, 5.41) is 4.18. The van der Waals surface area contributed by atoms with Crippen molar-refractivity contribution in [1.82, 2.24) is 10.2 Å². The Morgan fingerprint density at radius 2 is 2.21 bits per heavy atom. The number of fused-ring (bicyclic) bond motifs is 1. The van der Waals surface area contributed by atoms with Gasteiger partial charge < -0.3 is 14.6 Å². The lowest BCUT2D eigenvalue weighted by Gasteiger charge is -2.14. The highest BCUT2D eigenvalue weighted by Crippen LogP contribution is 2.21.